The monoisotopic (exact) mass is 288 g/mol. The third kappa shape index (κ3) is 1.75. The van der Waals surface area contributed by atoms with Gasteiger partial charge < -0.3 is 10.2 Å². The first-order valence-electron chi connectivity index (χ1n) is 8.72. The van der Waals surface area contributed by atoms with Crippen LogP contribution in [0.25, 0.3) is 0 Å². The third-order valence-corrected chi connectivity index (χ3v) is 7.62. The van der Waals surface area contributed by atoms with Gasteiger partial charge in [-0.25, -0.2) is 0 Å². The second-order valence-electron chi connectivity index (χ2n) is 8.44. The second-order valence-corrected chi connectivity index (χ2v) is 8.44. The topological polar surface area (TPSA) is 40.5 Å². The van der Waals surface area contributed by atoms with Crippen LogP contribution < -0.4 is 0 Å². The van der Waals surface area contributed by atoms with Gasteiger partial charge in [-0.1, -0.05) is 25.5 Å². The number of allylic oxidation sites excluding steroid dienone is 3. The highest BCUT2D eigenvalue weighted by Gasteiger charge is 2.56. The van der Waals surface area contributed by atoms with Crippen molar-refractivity contribution in [2.24, 2.45) is 28.6 Å². The SMILES string of the molecule is C[C@]12CC[C@H](O)CC1=CCC1C2CC[C@]2(C)C(O)=CCC12. The van der Waals surface area contributed by atoms with E-state index in [1.54, 1.807) is 0 Å². The summed E-state index contributed by atoms with van der Waals surface area (Å²) in [7, 11) is 0. The Kier molecular flexibility index (Phi) is 2.89. The van der Waals surface area contributed by atoms with Crippen LogP contribution >= 0.6 is 0 Å². The number of fused-ring (bicyclic) bond motifs is 5. The lowest BCUT2D eigenvalue weighted by Crippen LogP contribution is -2.49. The molecule has 0 aromatic carbocycles. The molecule has 0 heterocycles. The molecule has 0 aromatic heterocycles. The highest BCUT2D eigenvalue weighted by atomic mass is 16.3. The van der Waals surface area contributed by atoms with Gasteiger partial charge in [-0.15, -0.1) is 0 Å². The molecule has 0 aliphatic heterocycles. The van der Waals surface area contributed by atoms with E-state index in [4.69, 9.17) is 0 Å². The average molecular weight is 288 g/mol. The lowest BCUT2D eigenvalue weighted by atomic mass is 9.48. The Bertz CT molecular complexity index is 520. The molecule has 2 fully saturated rings. The number of rotatable bonds is 0. The molecule has 0 saturated heterocycles. The third-order valence-electron chi connectivity index (χ3n) is 7.62. The van der Waals surface area contributed by atoms with E-state index >= 15 is 0 Å². The van der Waals surface area contributed by atoms with E-state index in [0.717, 1.165) is 44.4 Å². The molecule has 116 valence electrons. The van der Waals surface area contributed by atoms with Gasteiger partial charge in [-0.2, -0.15) is 0 Å². The standard InChI is InChI=1S/C19H28O2/c1-18-9-7-13(20)11-12(18)3-4-14-15-5-6-17(21)19(15,2)10-8-16(14)18/h3,6,13-16,20-21H,4-5,7-11H2,1-2H3/t13-,14?,15?,16?,18-,19-/m0/s1. The van der Waals surface area contributed by atoms with Crippen LogP contribution in [-0.2, 0) is 0 Å². The molecule has 6 atom stereocenters. The summed E-state index contributed by atoms with van der Waals surface area (Å²) >= 11 is 0. The van der Waals surface area contributed by atoms with E-state index in [-0.39, 0.29) is 11.5 Å². The van der Waals surface area contributed by atoms with Crippen LogP contribution in [0.3, 0.4) is 0 Å². The zero-order valence-corrected chi connectivity index (χ0v) is 13.3. The molecule has 3 unspecified atom stereocenters. The number of hydrogen-bond acceptors (Lipinski definition) is 2. The van der Waals surface area contributed by atoms with Gasteiger partial charge in [0.25, 0.3) is 0 Å². The average Bonchev–Trinajstić information content (AvgIpc) is 2.76. The lowest BCUT2D eigenvalue weighted by molar-refractivity contribution is -0.0391. The molecule has 21 heavy (non-hydrogen) atoms. The summed E-state index contributed by atoms with van der Waals surface area (Å²) in [5.41, 5.74) is 1.87. The van der Waals surface area contributed by atoms with Gasteiger partial charge in [-0.05, 0) is 74.2 Å². The van der Waals surface area contributed by atoms with Crippen molar-refractivity contribution in [3.8, 4) is 0 Å². The van der Waals surface area contributed by atoms with E-state index in [2.05, 4.69) is 26.0 Å². The van der Waals surface area contributed by atoms with Crippen LogP contribution in [0.5, 0.6) is 0 Å². The van der Waals surface area contributed by atoms with E-state index < -0.39 is 0 Å². The van der Waals surface area contributed by atoms with Gasteiger partial charge in [0, 0.05) is 5.41 Å². The Hall–Kier alpha value is -0.760. The van der Waals surface area contributed by atoms with Crippen molar-refractivity contribution >= 4 is 0 Å². The van der Waals surface area contributed by atoms with Crippen molar-refractivity contribution in [1.82, 2.24) is 0 Å². The Morgan fingerprint density at radius 1 is 1.00 bits per heavy atom. The molecule has 0 bridgehead atoms. The molecule has 2 nitrogen and oxygen atoms in total. The predicted octanol–water partition coefficient (Wildman–Crippen LogP) is 4.36. The van der Waals surface area contributed by atoms with Crippen LogP contribution in [0, 0.1) is 28.6 Å². The summed E-state index contributed by atoms with van der Waals surface area (Å²) < 4.78 is 0. The Morgan fingerprint density at radius 2 is 1.76 bits per heavy atom. The molecule has 2 N–H and O–H groups in total. The highest BCUT2D eigenvalue weighted by Crippen LogP contribution is 2.64. The lowest BCUT2D eigenvalue weighted by Gasteiger charge is -2.57. The quantitative estimate of drug-likeness (QED) is 0.650. The van der Waals surface area contributed by atoms with E-state index in [9.17, 15) is 10.2 Å². The van der Waals surface area contributed by atoms with Crippen molar-refractivity contribution in [2.45, 2.75) is 64.9 Å². The normalized spacial score (nSPS) is 52.3. The maximum Gasteiger partial charge on any atom is 0.0944 e. The minimum absolute atomic E-state index is 0.0387. The van der Waals surface area contributed by atoms with Crippen LogP contribution in [0.15, 0.2) is 23.5 Å². The number of aliphatic hydroxyl groups excluding tert-OH is 2. The smallest absolute Gasteiger partial charge is 0.0944 e. The fourth-order valence-corrected chi connectivity index (χ4v) is 6.19. The zero-order valence-electron chi connectivity index (χ0n) is 13.3. The number of aliphatic hydroxyl groups is 2. The molecule has 2 heteroatoms. The van der Waals surface area contributed by atoms with Crippen molar-refractivity contribution in [1.29, 1.82) is 0 Å². The molecule has 4 aliphatic rings. The zero-order chi connectivity index (χ0) is 14.8. The first-order valence-corrected chi connectivity index (χ1v) is 8.72. The van der Waals surface area contributed by atoms with Crippen molar-refractivity contribution in [2.75, 3.05) is 0 Å². The molecule has 0 spiro atoms. The Morgan fingerprint density at radius 3 is 2.57 bits per heavy atom. The van der Waals surface area contributed by atoms with Crippen molar-refractivity contribution in [3.05, 3.63) is 23.5 Å². The fourth-order valence-electron chi connectivity index (χ4n) is 6.19. The van der Waals surface area contributed by atoms with Gasteiger partial charge in [0.15, 0.2) is 0 Å². The highest BCUT2D eigenvalue weighted by molar-refractivity contribution is 5.27. The molecule has 4 aliphatic carbocycles. The Balaban J connectivity index is 1.68. The largest absolute Gasteiger partial charge is 0.512 e. The van der Waals surface area contributed by atoms with Crippen LogP contribution in [0.1, 0.15) is 58.8 Å². The van der Waals surface area contributed by atoms with E-state index in [0.29, 0.717) is 23.0 Å². The second kappa shape index (κ2) is 4.38. The molecular weight excluding hydrogens is 260 g/mol. The van der Waals surface area contributed by atoms with Crippen molar-refractivity contribution in [3.63, 3.8) is 0 Å². The fraction of sp³-hybridized carbons (Fsp3) is 0.789. The van der Waals surface area contributed by atoms with Gasteiger partial charge in [0.05, 0.1) is 11.9 Å². The Labute approximate surface area is 127 Å². The molecule has 4 rings (SSSR count). The molecule has 2 saturated carbocycles. The van der Waals surface area contributed by atoms with Crippen molar-refractivity contribution < 1.29 is 10.2 Å². The maximum atomic E-state index is 10.3. The number of hydrogen-bond donors (Lipinski definition) is 2. The molecular formula is C19H28O2. The first-order chi connectivity index (χ1) is 9.95. The minimum Gasteiger partial charge on any atom is -0.512 e. The predicted molar refractivity (Wildman–Crippen MR) is 83.8 cm³/mol. The van der Waals surface area contributed by atoms with E-state index in [1.165, 1.54) is 12.0 Å². The van der Waals surface area contributed by atoms with Gasteiger partial charge in [0.1, 0.15) is 0 Å². The van der Waals surface area contributed by atoms with Gasteiger partial charge in [-0.3, -0.25) is 0 Å². The van der Waals surface area contributed by atoms with E-state index in [1.807, 2.05) is 0 Å². The summed E-state index contributed by atoms with van der Waals surface area (Å²) in [6, 6.07) is 0. The summed E-state index contributed by atoms with van der Waals surface area (Å²) in [6.45, 7) is 4.73. The van der Waals surface area contributed by atoms with Crippen LogP contribution in [-0.4, -0.2) is 16.3 Å². The first kappa shape index (κ1) is 13.9. The molecule has 0 radical (unpaired) electrons. The van der Waals surface area contributed by atoms with Gasteiger partial charge >= 0.3 is 0 Å². The maximum absolute atomic E-state index is 10.3. The minimum atomic E-state index is -0.119. The summed E-state index contributed by atoms with van der Waals surface area (Å²) in [5, 5.41) is 20.3. The van der Waals surface area contributed by atoms with Crippen LogP contribution in [0.2, 0.25) is 0 Å². The van der Waals surface area contributed by atoms with Crippen LogP contribution in [0.4, 0.5) is 0 Å². The molecule has 0 aromatic rings. The molecule has 0 amide bonds. The summed E-state index contributed by atoms with van der Waals surface area (Å²) in [4.78, 5) is 0. The van der Waals surface area contributed by atoms with Gasteiger partial charge in [0.2, 0.25) is 0 Å². The summed E-state index contributed by atoms with van der Waals surface area (Å²) in [5.74, 6) is 2.75. The summed E-state index contributed by atoms with van der Waals surface area (Å²) in [6.07, 6.45) is 12.0.